The number of aliphatic carboxylic acids is 2. The lowest BCUT2D eigenvalue weighted by Gasteiger charge is -2.52. The standard InChI is InChI=1S/2C18H20N2O.C4H4O4/c2*1-18(10-14(19)11-18)20-15-7-3-2-6-13(15)12-21-17-9-5-4-8-16(17)20;5-3(6)1-2-4(7)8/h2*2-9,14H,10-12,19H2,1H3;1-2H,(H,5,6)(H,7,8)/b;;2-1+. The minimum absolute atomic E-state index is 0.0688. The van der Waals surface area contributed by atoms with Crippen LogP contribution in [0.3, 0.4) is 0 Å². The maximum atomic E-state index is 9.55. The number of carboxylic acid groups (broad SMARTS) is 2. The molecule has 0 amide bonds. The second-order valence-electron chi connectivity index (χ2n) is 13.8. The van der Waals surface area contributed by atoms with Crippen molar-refractivity contribution in [1.29, 1.82) is 0 Å². The van der Waals surface area contributed by atoms with Gasteiger partial charge in [0.2, 0.25) is 0 Å². The Labute approximate surface area is 292 Å². The van der Waals surface area contributed by atoms with E-state index in [4.69, 9.17) is 31.2 Å². The summed E-state index contributed by atoms with van der Waals surface area (Å²) >= 11 is 0. The molecule has 4 aliphatic rings. The van der Waals surface area contributed by atoms with Crippen molar-refractivity contribution in [3.63, 3.8) is 0 Å². The van der Waals surface area contributed by atoms with E-state index in [0.29, 0.717) is 37.4 Å². The number of hydrogen-bond donors (Lipinski definition) is 4. The van der Waals surface area contributed by atoms with Crippen LogP contribution in [-0.2, 0) is 22.8 Å². The Bertz CT molecular complexity index is 1650. The van der Waals surface area contributed by atoms with Gasteiger partial charge >= 0.3 is 11.9 Å². The van der Waals surface area contributed by atoms with Crippen LogP contribution in [0.15, 0.2) is 109 Å². The highest BCUT2D eigenvalue weighted by molar-refractivity contribution is 5.89. The van der Waals surface area contributed by atoms with E-state index >= 15 is 0 Å². The predicted molar refractivity (Wildman–Crippen MR) is 194 cm³/mol. The zero-order valence-corrected chi connectivity index (χ0v) is 28.4. The third-order valence-corrected chi connectivity index (χ3v) is 9.70. The van der Waals surface area contributed by atoms with E-state index in [0.717, 1.165) is 48.6 Å². The average molecular weight is 677 g/mol. The Kier molecular flexibility index (Phi) is 9.86. The van der Waals surface area contributed by atoms with Gasteiger partial charge in [-0.05, 0) is 75.9 Å². The molecule has 0 aromatic heterocycles. The summed E-state index contributed by atoms with van der Waals surface area (Å²) in [5, 5.41) is 15.6. The van der Waals surface area contributed by atoms with E-state index in [2.05, 4.69) is 109 Å². The predicted octanol–water partition coefficient (Wildman–Crippen LogP) is 6.91. The number of anilines is 4. The maximum Gasteiger partial charge on any atom is 0.328 e. The zero-order valence-electron chi connectivity index (χ0n) is 28.4. The fourth-order valence-electron chi connectivity index (χ4n) is 7.61. The number of nitrogens with zero attached hydrogens (tertiary/aromatic N) is 2. The van der Waals surface area contributed by atoms with Crippen LogP contribution in [0.2, 0.25) is 0 Å². The topological polar surface area (TPSA) is 152 Å². The van der Waals surface area contributed by atoms with Gasteiger partial charge in [0.15, 0.2) is 0 Å². The van der Waals surface area contributed by atoms with E-state index < -0.39 is 11.9 Å². The molecule has 0 spiro atoms. The molecule has 0 atom stereocenters. The second kappa shape index (κ2) is 14.3. The first-order valence-corrected chi connectivity index (χ1v) is 16.8. The van der Waals surface area contributed by atoms with Crippen molar-refractivity contribution in [1.82, 2.24) is 0 Å². The van der Waals surface area contributed by atoms with Gasteiger partial charge in [-0.25, -0.2) is 9.59 Å². The molecule has 0 bridgehead atoms. The quantitative estimate of drug-likeness (QED) is 0.168. The highest BCUT2D eigenvalue weighted by atomic mass is 16.5. The molecule has 0 unspecified atom stereocenters. The van der Waals surface area contributed by atoms with Crippen LogP contribution in [0.1, 0.15) is 50.7 Å². The number of benzene rings is 4. The smallest absolute Gasteiger partial charge is 0.328 e. The second-order valence-corrected chi connectivity index (χ2v) is 13.8. The highest BCUT2D eigenvalue weighted by Crippen LogP contribution is 2.51. The van der Waals surface area contributed by atoms with Gasteiger partial charge in [0.25, 0.3) is 0 Å². The molecular weight excluding hydrogens is 632 g/mol. The molecular formula is C40H44N4O6. The van der Waals surface area contributed by atoms with Crippen molar-refractivity contribution >= 4 is 34.7 Å². The molecule has 4 aromatic rings. The summed E-state index contributed by atoms with van der Waals surface area (Å²) < 4.78 is 12.0. The van der Waals surface area contributed by atoms with E-state index in [9.17, 15) is 9.59 Å². The van der Waals surface area contributed by atoms with Gasteiger partial charge in [-0.1, -0.05) is 60.7 Å². The van der Waals surface area contributed by atoms with Crippen molar-refractivity contribution in [2.24, 2.45) is 11.5 Å². The van der Waals surface area contributed by atoms with Gasteiger partial charge in [-0.3, -0.25) is 0 Å². The number of carbonyl (C=O) groups is 2. The Morgan fingerprint density at radius 3 is 1.26 bits per heavy atom. The molecule has 2 aliphatic heterocycles. The van der Waals surface area contributed by atoms with E-state index in [1.54, 1.807) is 0 Å². The molecule has 2 aliphatic carbocycles. The number of ether oxygens (including phenoxy) is 2. The number of nitrogens with two attached hydrogens (primary N) is 2. The van der Waals surface area contributed by atoms with E-state index in [-0.39, 0.29) is 11.1 Å². The summed E-state index contributed by atoms with van der Waals surface area (Å²) in [5.41, 5.74) is 19.6. The summed E-state index contributed by atoms with van der Waals surface area (Å²) in [6, 6.07) is 34.2. The molecule has 10 heteroatoms. The summed E-state index contributed by atoms with van der Waals surface area (Å²) in [7, 11) is 0. The minimum atomic E-state index is -1.26. The normalized spacial score (nSPS) is 24.2. The Morgan fingerprint density at radius 2 is 0.920 bits per heavy atom. The minimum Gasteiger partial charge on any atom is -0.487 e. The Morgan fingerprint density at radius 1 is 0.600 bits per heavy atom. The fourth-order valence-corrected chi connectivity index (χ4v) is 7.61. The summed E-state index contributed by atoms with van der Waals surface area (Å²) in [5.74, 6) is -0.606. The summed E-state index contributed by atoms with van der Waals surface area (Å²) in [6.07, 6.45) is 5.15. The van der Waals surface area contributed by atoms with Crippen LogP contribution >= 0.6 is 0 Å². The number of fused-ring (bicyclic) bond motifs is 4. The molecule has 2 heterocycles. The van der Waals surface area contributed by atoms with Crippen LogP contribution in [0.25, 0.3) is 0 Å². The van der Waals surface area contributed by atoms with Crippen molar-refractivity contribution < 1.29 is 29.3 Å². The lowest BCUT2D eigenvalue weighted by molar-refractivity contribution is -0.134. The van der Waals surface area contributed by atoms with Crippen molar-refractivity contribution in [3.8, 4) is 11.5 Å². The molecule has 0 saturated heterocycles. The number of para-hydroxylation sites is 6. The third-order valence-electron chi connectivity index (χ3n) is 9.70. The van der Waals surface area contributed by atoms with Gasteiger partial charge in [0.05, 0.1) is 11.4 Å². The van der Waals surface area contributed by atoms with Crippen LogP contribution in [0.5, 0.6) is 11.5 Å². The maximum absolute atomic E-state index is 9.55. The first kappa shape index (κ1) is 34.5. The SMILES string of the molecule is CC1(N2c3ccccc3COc3ccccc32)CC(N)C1.CC1(N2c3ccccc3COc3ccccc32)CC(N)C1.O=C(O)/C=C/C(=O)O. The van der Waals surface area contributed by atoms with Gasteiger partial charge in [-0.15, -0.1) is 0 Å². The fraction of sp³-hybridized carbons (Fsp3) is 0.300. The summed E-state index contributed by atoms with van der Waals surface area (Å²) in [6.45, 7) is 5.84. The molecule has 260 valence electrons. The third kappa shape index (κ3) is 7.17. The Balaban J connectivity index is 0.000000143. The van der Waals surface area contributed by atoms with Crippen LogP contribution in [0.4, 0.5) is 22.7 Å². The Hall–Kier alpha value is -5.32. The first-order chi connectivity index (χ1) is 24.0. The van der Waals surface area contributed by atoms with Crippen molar-refractivity contribution in [2.45, 2.75) is 75.9 Å². The van der Waals surface area contributed by atoms with E-state index in [1.807, 2.05) is 12.1 Å². The largest absolute Gasteiger partial charge is 0.487 e. The van der Waals surface area contributed by atoms with Gasteiger partial charge in [-0.2, -0.15) is 0 Å². The molecule has 2 saturated carbocycles. The van der Waals surface area contributed by atoms with Gasteiger partial charge < -0.3 is 41.0 Å². The molecule has 4 aromatic carbocycles. The molecule has 10 nitrogen and oxygen atoms in total. The van der Waals surface area contributed by atoms with E-state index in [1.165, 1.54) is 22.5 Å². The first-order valence-electron chi connectivity index (χ1n) is 16.8. The average Bonchev–Trinajstić information content (AvgIpc) is 3.35. The lowest BCUT2D eigenvalue weighted by atomic mass is 9.72. The zero-order chi connectivity index (χ0) is 35.5. The van der Waals surface area contributed by atoms with Crippen LogP contribution in [-0.4, -0.2) is 45.3 Å². The van der Waals surface area contributed by atoms with Gasteiger partial charge in [0, 0.05) is 57.8 Å². The number of hydrogen-bond acceptors (Lipinski definition) is 8. The number of carboxylic acids is 2. The molecule has 6 N–H and O–H groups in total. The molecule has 2 fully saturated rings. The lowest BCUT2D eigenvalue weighted by Crippen LogP contribution is -2.58. The molecule has 50 heavy (non-hydrogen) atoms. The van der Waals surface area contributed by atoms with Crippen LogP contribution < -0.4 is 30.7 Å². The van der Waals surface area contributed by atoms with Crippen molar-refractivity contribution in [3.05, 3.63) is 120 Å². The monoisotopic (exact) mass is 676 g/mol. The highest BCUT2D eigenvalue weighted by Gasteiger charge is 2.47. The van der Waals surface area contributed by atoms with Crippen LogP contribution in [0, 0.1) is 0 Å². The number of rotatable bonds is 4. The van der Waals surface area contributed by atoms with Crippen molar-refractivity contribution in [2.75, 3.05) is 9.80 Å². The molecule has 0 radical (unpaired) electrons. The molecule has 8 rings (SSSR count). The summed E-state index contributed by atoms with van der Waals surface area (Å²) in [4.78, 5) is 24.0. The van der Waals surface area contributed by atoms with Gasteiger partial charge in [0.1, 0.15) is 24.7 Å².